The number of rotatable bonds is 10. The largest absolute Gasteiger partial charge is 0.493 e. The third kappa shape index (κ3) is 6.59. The van der Waals surface area contributed by atoms with Gasteiger partial charge < -0.3 is 14.5 Å². The Bertz CT molecular complexity index is 1180. The zero-order valence-electron chi connectivity index (χ0n) is 19.2. The number of ether oxygens (including phenoxy) is 2. The van der Waals surface area contributed by atoms with Gasteiger partial charge in [0.2, 0.25) is 0 Å². The Balaban J connectivity index is 1.44. The maximum Gasteiger partial charge on any atom is 0.491 e. The first kappa shape index (κ1) is 25.6. The van der Waals surface area contributed by atoms with Crippen molar-refractivity contribution in [3.8, 4) is 5.75 Å². The van der Waals surface area contributed by atoms with Gasteiger partial charge in [-0.15, -0.1) is 0 Å². The maximum absolute atomic E-state index is 12.5. The third-order valence-electron chi connectivity index (χ3n) is 5.74. The van der Waals surface area contributed by atoms with Gasteiger partial charge in [-0.1, -0.05) is 0 Å². The highest BCUT2D eigenvalue weighted by Crippen LogP contribution is 2.35. The summed E-state index contributed by atoms with van der Waals surface area (Å²) in [5, 5.41) is 10.6. The molecule has 192 valence electrons. The van der Waals surface area contributed by atoms with Gasteiger partial charge in [0.25, 0.3) is 0 Å². The standard InChI is InChI=1S/C24H26F3N5O4/c25-24(26,27)22(34)36-21(33)13-18(15-4-7-28-8-5-15)19-14-32-20-12-16(2-3-17(19)20)35-11-1-6-29-23-30-9-10-31-23/h2-5,7-8,12,14,18,23,29-32H,1,6,9-11,13H2. The van der Waals surface area contributed by atoms with Crippen molar-refractivity contribution in [2.24, 2.45) is 0 Å². The fourth-order valence-corrected chi connectivity index (χ4v) is 4.04. The number of carbonyl (C=O) groups excluding carboxylic acids is 2. The molecule has 3 aromatic rings. The molecule has 0 amide bonds. The monoisotopic (exact) mass is 505 g/mol. The molecule has 12 heteroatoms. The molecule has 1 atom stereocenters. The average molecular weight is 505 g/mol. The number of nitrogens with one attached hydrogen (secondary N) is 4. The van der Waals surface area contributed by atoms with Crippen molar-refractivity contribution in [1.29, 1.82) is 0 Å². The smallest absolute Gasteiger partial charge is 0.491 e. The Labute approximate surface area is 204 Å². The molecule has 0 bridgehead atoms. The Hall–Kier alpha value is -3.48. The number of halogens is 3. The minimum Gasteiger partial charge on any atom is -0.493 e. The SMILES string of the molecule is O=C(CC(c1ccncc1)c1c[nH]c2cc(OCCCNC3NCCN3)ccc12)OC(=O)C(F)(F)F. The fraction of sp³-hybridized carbons (Fsp3) is 0.375. The number of esters is 2. The number of hydrogen-bond acceptors (Lipinski definition) is 8. The number of benzene rings is 1. The van der Waals surface area contributed by atoms with Crippen LogP contribution in [0.2, 0.25) is 0 Å². The molecule has 1 fully saturated rings. The molecule has 0 aliphatic carbocycles. The van der Waals surface area contributed by atoms with Gasteiger partial charge in [-0.2, -0.15) is 13.2 Å². The molecule has 1 unspecified atom stereocenters. The van der Waals surface area contributed by atoms with Crippen LogP contribution >= 0.6 is 0 Å². The quantitative estimate of drug-likeness (QED) is 0.189. The van der Waals surface area contributed by atoms with Gasteiger partial charge in [0.1, 0.15) is 12.0 Å². The zero-order valence-corrected chi connectivity index (χ0v) is 19.2. The number of fused-ring (bicyclic) bond motifs is 1. The van der Waals surface area contributed by atoms with Crippen LogP contribution in [0.5, 0.6) is 5.75 Å². The minimum absolute atomic E-state index is 0.121. The molecule has 1 aliphatic heterocycles. The molecular formula is C24H26F3N5O4. The molecule has 0 radical (unpaired) electrons. The van der Waals surface area contributed by atoms with Gasteiger partial charge >= 0.3 is 18.1 Å². The summed E-state index contributed by atoms with van der Waals surface area (Å²) in [5.74, 6) is -3.81. The highest BCUT2D eigenvalue weighted by atomic mass is 19.4. The summed E-state index contributed by atoms with van der Waals surface area (Å²) in [6.07, 6.45) is -0.0724. The summed E-state index contributed by atoms with van der Waals surface area (Å²) in [6.45, 7) is 3.15. The Morgan fingerprint density at radius 2 is 1.89 bits per heavy atom. The Morgan fingerprint density at radius 3 is 2.61 bits per heavy atom. The van der Waals surface area contributed by atoms with Crippen LogP contribution in [-0.2, 0) is 14.3 Å². The zero-order chi connectivity index (χ0) is 25.5. The lowest BCUT2D eigenvalue weighted by Gasteiger charge is -2.16. The second-order valence-electron chi connectivity index (χ2n) is 8.25. The van der Waals surface area contributed by atoms with E-state index in [-0.39, 0.29) is 6.29 Å². The lowest BCUT2D eigenvalue weighted by atomic mass is 9.89. The summed E-state index contributed by atoms with van der Waals surface area (Å²) in [6, 6.07) is 8.75. The molecule has 36 heavy (non-hydrogen) atoms. The molecule has 0 saturated carbocycles. The van der Waals surface area contributed by atoms with Crippen molar-refractivity contribution in [3.05, 3.63) is 60.0 Å². The lowest BCUT2D eigenvalue weighted by molar-refractivity contribution is -0.201. The summed E-state index contributed by atoms with van der Waals surface area (Å²) in [5.41, 5.74) is 2.04. The van der Waals surface area contributed by atoms with Gasteiger partial charge in [-0.25, -0.2) is 4.79 Å². The molecule has 1 aliphatic rings. The number of alkyl halides is 3. The van der Waals surface area contributed by atoms with Crippen molar-refractivity contribution in [2.75, 3.05) is 26.2 Å². The van der Waals surface area contributed by atoms with Crippen LogP contribution in [0.25, 0.3) is 10.9 Å². The summed E-state index contributed by atoms with van der Waals surface area (Å²) < 4.78 is 47.5. The highest BCUT2D eigenvalue weighted by Gasteiger charge is 2.42. The fourth-order valence-electron chi connectivity index (χ4n) is 4.04. The molecular weight excluding hydrogens is 479 g/mol. The van der Waals surface area contributed by atoms with Crippen LogP contribution in [0, 0.1) is 0 Å². The second-order valence-corrected chi connectivity index (χ2v) is 8.25. The van der Waals surface area contributed by atoms with Crippen molar-refractivity contribution < 1.29 is 32.2 Å². The molecule has 4 N–H and O–H groups in total. The minimum atomic E-state index is -5.25. The van der Waals surface area contributed by atoms with E-state index >= 15 is 0 Å². The molecule has 4 rings (SSSR count). The number of aromatic nitrogens is 2. The highest BCUT2D eigenvalue weighted by molar-refractivity contribution is 5.90. The predicted octanol–water partition coefficient (Wildman–Crippen LogP) is 2.55. The first-order valence-electron chi connectivity index (χ1n) is 11.5. The van der Waals surface area contributed by atoms with Crippen LogP contribution in [0.15, 0.2) is 48.9 Å². The predicted molar refractivity (Wildman–Crippen MR) is 124 cm³/mol. The number of pyridine rings is 1. The number of hydrogen-bond donors (Lipinski definition) is 4. The first-order chi connectivity index (χ1) is 17.3. The molecule has 3 heterocycles. The van der Waals surface area contributed by atoms with Gasteiger partial charge in [-0.05, 0) is 41.8 Å². The molecule has 2 aromatic heterocycles. The summed E-state index contributed by atoms with van der Waals surface area (Å²) in [4.78, 5) is 30.4. The van der Waals surface area contributed by atoms with Crippen LogP contribution in [0.1, 0.15) is 29.9 Å². The van der Waals surface area contributed by atoms with E-state index in [2.05, 4.69) is 30.7 Å². The molecule has 1 aromatic carbocycles. The molecule has 9 nitrogen and oxygen atoms in total. The molecule has 1 saturated heterocycles. The third-order valence-corrected chi connectivity index (χ3v) is 5.74. The first-order valence-corrected chi connectivity index (χ1v) is 11.5. The molecule has 0 spiro atoms. The average Bonchev–Trinajstić information content (AvgIpc) is 3.52. The van der Waals surface area contributed by atoms with E-state index in [9.17, 15) is 22.8 Å². The van der Waals surface area contributed by atoms with Gasteiger partial charge in [0, 0.05) is 61.1 Å². The Morgan fingerprint density at radius 1 is 1.14 bits per heavy atom. The number of H-pyrrole nitrogens is 1. The van der Waals surface area contributed by atoms with Gasteiger partial charge in [-0.3, -0.25) is 25.7 Å². The van der Waals surface area contributed by atoms with Gasteiger partial charge in [0.15, 0.2) is 0 Å². The van der Waals surface area contributed by atoms with Crippen molar-refractivity contribution in [3.63, 3.8) is 0 Å². The lowest BCUT2D eigenvalue weighted by Crippen LogP contribution is -2.45. The number of aromatic amines is 1. The second kappa shape index (κ2) is 11.5. The van der Waals surface area contributed by atoms with Crippen LogP contribution in [-0.4, -0.2) is 60.6 Å². The van der Waals surface area contributed by atoms with Crippen molar-refractivity contribution >= 4 is 22.8 Å². The van der Waals surface area contributed by atoms with E-state index in [1.807, 2.05) is 12.1 Å². The van der Waals surface area contributed by atoms with Crippen molar-refractivity contribution in [2.45, 2.75) is 31.2 Å². The topological polar surface area (TPSA) is 117 Å². The van der Waals surface area contributed by atoms with Gasteiger partial charge in [0.05, 0.1) is 13.0 Å². The van der Waals surface area contributed by atoms with Crippen LogP contribution in [0.3, 0.4) is 0 Å². The number of carbonyl (C=O) groups is 2. The van der Waals surface area contributed by atoms with Crippen molar-refractivity contribution in [1.82, 2.24) is 25.9 Å². The van der Waals surface area contributed by atoms with E-state index in [1.165, 1.54) is 12.4 Å². The van der Waals surface area contributed by atoms with Crippen LogP contribution in [0.4, 0.5) is 13.2 Å². The maximum atomic E-state index is 12.5. The van der Waals surface area contributed by atoms with E-state index < -0.39 is 30.5 Å². The summed E-state index contributed by atoms with van der Waals surface area (Å²) >= 11 is 0. The van der Waals surface area contributed by atoms with E-state index in [0.717, 1.165) is 37.0 Å². The van der Waals surface area contributed by atoms with E-state index in [4.69, 9.17) is 4.74 Å². The number of nitrogens with zero attached hydrogens (tertiary/aromatic N) is 1. The van der Waals surface area contributed by atoms with E-state index in [0.29, 0.717) is 23.5 Å². The Kier molecular flexibility index (Phi) is 8.18. The normalized spacial score (nSPS) is 15.2. The van der Waals surface area contributed by atoms with Crippen LogP contribution < -0.4 is 20.7 Å². The summed E-state index contributed by atoms with van der Waals surface area (Å²) in [7, 11) is 0. The van der Waals surface area contributed by atoms with E-state index in [1.54, 1.807) is 24.4 Å².